The van der Waals surface area contributed by atoms with Crippen molar-refractivity contribution in [1.82, 2.24) is 10.2 Å². The molecule has 1 atom stereocenters. The molecule has 0 saturated carbocycles. The van der Waals surface area contributed by atoms with Crippen LogP contribution in [0, 0.1) is 0 Å². The Morgan fingerprint density at radius 2 is 1.62 bits per heavy atom. The van der Waals surface area contributed by atoms with Crippen LogP contribution in [-0.4, -0.2) is 41.8 Å². The van der Waals surface area contributed by atoms with E-state index in [1.807, 2.05) is 39.8 Å². The summed E-state index contributed by atoms with van der Waals surface area (Å²) in [5, 5.41) is 9.32. The third kappa shape index (κ3) is 6.05. The number of urea groups is 1. The molecule has 1 aliphatic rings. The third-order valence-electron chi connectivity index (χ3n) is 5.24. The second-order valence-electron chi connectivity index (χ2n) is 8.05. The summed E-state index contributed by atoms with van der Waals surface area (Å²) in [6.45, 7) is 7.96. The minimum absolute atomic E-state index is 0.243. The van der Waals surface area contributed by atoms with E-state index < -0.39 is 12.0 Å². The lowest BCUT2D eigenvalue weighted by molar-refractivity contribution is -0.143. The Labute approximate surface area is 205 Å². The highest BCUT2D eigenvalue weighted by molar-refractivity contribution is 7.80. The van der Waals surface area contributed by atoms with Gasteiger partial charge in [0.1, 0.15) is 5.75 Å². The van der Waals surface area contributed by atoms with E-state index in [2.05, 4.69) is 16.0 Å². The molecule has 2 amide bonds. The van der Waals surface area contributed by atoms with Crippen molar-refractivity contribution < 1.29 is 19.1 Å². The molecule has 8 nitrogen and oxygen atoms in total. The lowest BCUT2D eigenvalue weighted by Gasteiger charge is -2.35. The molecule has 0 fully saturated rings. The van der Waals surface area contributed by atoms with Gasteiger partial charge in [0.15, 0.2) is 5.11 Å². The van der Waals surface area contributed by atoms with Crippen molar-refractivity contribution in [2.45, 2.75) is 39.8 Å². The number of esters is 1. The van der Waals surface area contributed by atoms with Crippen molar-refractivity contribution in [3.63, 3.8) is 0 Å². The van der Waals surface area contributed by atoms with Crippen LogP contribution in [0.4, 0.5) is 16.2 Å². The highest BCUT2D eigenvalue weighted by atomic mass is 32.1. The van der Waals surface area contributed by atoms with Gasteiger partial charge in [-0.3, -0.25) is 0 Å². The van der Waals surface area contributed by atoms with Crippen LogP contribution in [0.2, 0.25) is 0 Å². The van der Waals surface area contributed by atoms with Crippen molar-refractivity contribution in [2.24, 2.45) is 0 Å². The molecule has 1 unspecified atom stereocenters. The standard InChI is InChI=1S/C25H30N4O4S/c1-6-32-20-13-11-19(12-14-20)27-24(31)26-18-9-7-17(8-10-18)22-21(23(30)33-15(2)3)16(4)29(5)25(34)28-22/h7-15,22H,6H2,1-5H3,(H,28,34)(H2,26,27,31). The Balaban J connectivity index is 1.72. The van der Waals surface area contributed by atoms with Crippen LogP contribution in [0.5, 0.6) is 5.75 Å². The van der Waals surface area contributed by atoms with Gasteiger partial charge >= 0.3 is 12.0 Å². The molecule has 0 aliphatic carbocycles. The van der Waals surface area contributed by atoms with Gasteiger partial charge in [-0.1, -0.05) is 12.1 Å². The molecule has 0 saturated heterocycles. The maximum Gasteiger partial charge on any atom is 0.338 e. The molecule has 2 aromatic carbocycles. The third-order valence-corrected chi connectivity index (χ3v) is 5.63. The van der Waals surface area contributed by atoms with Crippen molar-refractivity contribution in [1.29, 1.82) is 0 Å². The average molecular weight is 483 g/mol. The highest BCUT2D eigenvalue weighted by Gasteiger charge is 2.33. The molecule has 0 aromatic heterocycles. The van der Waals surface area contributed by atoms with Gasteiger partial charge in [0.2, 0.25) is 0 Å². The van der Waals surface area contributed by atoms with Crippen molar-refractivity contribution in [3.8, 4) is 5.75 Å². The summed E-state index contributed by atoms with van der Waals surface area (Å²) < 4.78 is 10.9. The van der Waals surface area contributed by atoms with Crippen LogP contribution in [0.15, 0.2) is 59.8 Å². The number of rotatable bonds is 7. The molecule has 3 N–H and O–H groups in total. The molecular weight excluding hydrogens is 452 g/mol. The lowest BCUT2D eigenvalue weighted by Crippen LogP contribution is -2.46. The van der Waals surface area contributed by atoms with E-state index in [0.29, 0.717) is 28.7 Å². The van der Waals surface area contributed by atoms with E-state index in [0.717, 1.165) is 17.0 Å². The molecule has 1 aliphatic heterocycles. The van der Waals surface area contributed by atoms with E-state index in [-0.39, 0.29) is 12.1 Å². The molecule has 1 heterocycles. The molecule has 0 radical (unpaired) electrons. The summed E-state index contributed by atoms with van der Waals surface area (Å²) >= 11 is 5.43. The van der Waals surface area contributed by atoms with Crippen LogP contribution in [0.1, 0.15) is 39.3 Å². The molecule has 0 bridgehead atoms. The number of hydrogen-bond donors (Lipinski definition) is 3. The first kappa shape index (κ1) is 25.0. The van der Waals surface area contributed by atoms with Gasteiger partial charge in [0.25, 0.3) is 0 Å². The smallest absolute Gasteiger partial charge is 0.338 e. The zero-order valence-electron chi connectivity index (χ0n) is 20.0. The maximum absolute atomic E-state index is 12.8. The number of ether oxygens (including phenoxy) is 2. The number of carbonyl (C=O) groups is 2. The van der Waals surface area contributed by atoms with Gasteiger partial charge in [-0.05, 0) is 81.9 Å². The number of amides is 2. The van der Waals surface area contributed by atoms with Crippen LogP contribution < -0.4 is 20.7 Å². The van der Waals surface area contributed by atoms with Gasteiger partial charge in [-0.2, -0.15) is 0 Å². The zero-order valence-corrected chi connectivity index (χ0v) is 20.8. The van der Waals surface area contributed by atoms with Crippen LogP contribution >= 0.6 is 12.2 Å². The van der Waals surface area contributed by atoms with E-state index in [4.69, 9.17) is 21.7 Å². The fourth-order valence-electron chi connectivity index (χ4n) is 3.48. The summed E-state index contributed by atoms with van der Waals surface area (Å²) in [6.07, 6.45) is -0.243. The number of hydrogen-bond acceptors (Lipinski definition) is 5. The van der Waals surface area contributed by atoms with Crippen LogP contribution in [-0.2, 0) is 9.53 Å². The van der Waals surface area contributed by atoms with Gasteiger partial charge in [0, 0.05) is 24.1 Å². The minimum atomic E-state index is -0.457. The largest absolute Gasteiger partial charge is 0.494 e. The number of thiocarbonyl (C=S) groups is 1. The quantitative estimate of drug-likeness (QED) is 0.385. The van der Waals surface area contributed by atoms with Crippen molar-refractivity contribution in [3.05, 3.63) is 65.4 Å². The first-order valence-electron chi connectivity index (χ1n) is 11.1. The van der Waals surface area contributed by atoms with Gasteiger partial charge in [-0.15, -0.1) is 0 Å². The Hall–Kier alpha value is -3.59. The molecule has 2 aromatic rings. The van der Waals surface area contributed by atoms with E-state index in [1.54, 1.807) is 48.3 Å². The van der Waals surface area contributed by atoms with E-state index in [1.165, 1.54) is 0 Å². The SMILES string of the molecule is CCOc1ccc(NC(=O)Nc2ccc(C3NC(=S)N(C)C(C)=C3C(=O)OC(C)C)cc2)cc1. The number of anilines is 2. The molecule has 180 valence electrons. The Morgan fingerprint density at radius 3 is 2.15 bits per heavy atom. The Kier molecular flexibility index (Phi) is 8.12. The van der Waals surface area contributed by atoms with E-state index in [9.17, 15) is 9.59 Å². The van der Waals surface area contributed by atoms with Crippen LogP contribution in [0.25, 0.3) is 0 Å². The van der Waals surface area contributed by atoms with Crippen LogP contribution in [0.3, 0.4) is 0 Å². The molecule has 0 spiro atoms. The summed E-state index contributed by atoms with van der Waals surface area (Å²) in [5.74, 6) is 0.350. The summed E-state index contributed by atoms with van der Waals surface area (Å²) in [7, 11) is 1.81. The normalized spacial score (nSPS) is 15.6. The monoisotopic (exact) mass is 482 g/mol. The Morgan fingerprint density at radius 1 is 1.06 bits per heavy atom. The molecular formula is C25H30N4O4S. The fourth-order valence-corrected chi connectivity index (χ4v) is 3.74. The predicted octanol–water partition coefficient (Wildman–Crippen LogP) is 4.82. The number of carbonyl (C=O) groups excluding carboxylic acids is 2. The second kappa shape index (κ2) is 11.0. The van der Waals surface area contributed by atoms with Gasteiger partial charge in [-0.25, -0.2) is 9.59 Å². The van der Waals surface area contributed by atoms with Gasteiger partial charge in [0.05, 0.1) is 24.3 Å². The molecule has 9 heteroatoms. The fraction of sp³-hybridized carbons (Fsp3) is 0.320. The second-order valence-corrected chi connectivity index (χ2v) is 8.44. The highest BCUT2D eigenvalue weighted by Crippen LogP contribution is 2.31. The van der Waals surface area contributed by atoms with E-state index >= 15 is 0 Å². The van der Waals surface area contributed by atoms with Crippen molar-refractivity contribution >= 4 is 40.7 Å². The summed E-state index contributed by atoms with van der Waals surface area (Å²) in [4.78, 5) is 27.0. The summed E-state index contributed by atoms with van der Waals surface area (Å²) in [6, 6.07) is 13.5. The molecule has 3 rings (SSSR count). The number of nitrogens with zero attached hydrogens (tertiary/aromatic N) is 1. The number of nitrogens with one attached hydrogen (secondary N) is 3. The van der Waals surface area contributed by atoms with Gasteiger partial charge < -0.3 is 30.3 Å². The number of allylic oxidation sites excluding steroid dienone is 1. The minimum Gasteiger partial charge on any atom is -0.494 e. The van der Waals surface area contributed by atoms with Crippen molar-refractivity contribution in [2.75, 3.05) is 24.3 Å². The zero-order chi connectivity index (χ0) is 24.8. The predicted molar refractivity (Wildman–Crippen MR) is 137 cm³/mol. The molecule has 34 heavy (non-hydrogen) atoms. The summed E-state index contributed by atoms with van der Waals surface area (Å²) in [5.41, 5.74) is 3.31. The lowest BCUT2D eigenvalue weighted by atomic mass is 9.95. The average Bonchev–Trinajstić information content (AvgIpc) is 2.78. The number of benzene rings is 2. The maximum atomic E-state index is 12.8. The first-order valence-corrected chi connectivity index (χ1v) is 11.5. The first-order chi connectivity index (χ1) is 16.2. The Bertz CT molecular complexity index is 1080. The topological polar surface area (TPSA) is 91.9 Å².